The predicted molar refractivity (Wildman–Crippen MR) is 82.8 cm³/mol. The van der Waals surface area contributed by atoms with E-state index in [9.17, 15) is 9.59 Å². The highest BCUT2D eigenvalue weighted by atomic mass is 16.2. The fourth-order valence-electron chi connectivity index (χ4n) is 3.54. The Morgan fingerprint density at radius 1 is 1.10 bits per heavy atom. The van der Waals surface area contributed by atoms with Crippen LogP contribution in [0.2, 0.25) is 0 Å². The van der Waals surface area contributed by atoms with E-state index < -0.39 is 0 Å². The van der Waals surface area contributed by atoms with Gasteiger partial charge >= 0.3 is 0 Å². The van der Waals surface area contributed by atoms with Gasteiger partial charge in [0.1, 0.15) is 0 Å². The van der Waals surface area contributed by atoms with E-state index in [1.54, 1.807) is 7.05 Å². The average molecular weight is 295 g/mol. The minimum Gasteiger partial charge on any atom is -0.359 e. The summed E-state index contributed by atoms with van der Waals surface area (Å²) in [4.78, 5) is 25.9. The summed E-state index contributed by atoms with van der Waals surface area (Å²) in [6.45, 7) is 4.39. The second-order valence-electron chi connectivity index (χ2n) is 6.60. The highest BCUT2D eigenvalue weighted by Crippen LogP contribution is 2.23. The standard InChI is InChI=1S/C16H29N3O2/c1-12-5-3-4-6-14(12)18-15(20)11-19-9-7-13(8-10-19)16(21)17-2/h12-14H,3-11H2,1-2H3,(H,17,21)(H,18,20)/t12-,14+/m1/s1. The zero-order chi connectivity index (χ0) is 15.2. The molecule has 2 amide bonds. The van der Waals surface area contributed by atoms with Gasteiger partial charge in [-0.3, -0.25) is 14.5 Å². The van der Waals surface area contributed by atoms with Crippen molar-refractivity contribution >= 4 is 11.8 Å². The molecule has 1 aliphatic heterocycles. The number of nitrogens with one attached hydrogen (secondary N) is 2. The summed E-state index contributed by atoms with van der Waals surface area (Å²) in [6.07, 6.45) is 6.57. The van der Waals surface area contributed by atoms with Crippen LogP contribution in [-0.4, -0.2) is 49.4 Å². The van der Waals surface area contributed by atoms with Crippen molar-refractivity contribution in [2.45, 2.75) is 51.5 Å². The van der Waals surface area contributed by atoms with Gasteiger partial charge in [0.2, 0.25) is 11.8 Å². The van der Waals surface area contributed by atoms with Gasteiger partial charge in [0, 0.05) is 19.0 Å². The van der Waals surface area contributed by atoms with Crippen LogP contribution in [0.25, 0.3) is 0 Å². The topological polar surface area (TPSA) is 61.4 Å². The van der Waals surface area contributed by atoms with Gasteiger partial charge in [-0.15, -0.1) is 0 Å². The second kappa shape index (κ2) is 7.78. The third-order valence-corrected chi connectivity index (χ3v) is 5.03. The predicted octanol–water partition coefficient (Wildman–Crippen LogP) is 1.14. The van der Waals surface area contributed by atoms with Crippen molar-refractivity contribution in [2.24, 2.45) is 11.8 Å². The van der Waals surface area contributed by atoms with Gasteiger partial charge in [0.15, 0.2) is 0 Å². The summed E-state index contributed by atoms with van der Waals surface area (Å²) in [7, 11) is 1.69. The molecule has 2 atom stereocenters. The van der Waals surface area contributed by atoms with Gasteiger partial charge in [-0.1, -0.05) is 19.8 Å². The van der Waals surface area contributed by atoms with Gasteiger partial charge in [0.25, 0.3) is 0 Å². The first kappa shape index (κ1) is 16.3. The maximum Gasteiger partial charge on any atom is 0.234 e. The molecular formula is C16H29N3O2. The van der Waals surface area contributed by atoms with E-state index in [2.05, 4.69) is 22.5 Å². The molecule has 0 spiro atoms. The van der Waals surface area contributed by atoms with Crippen LogP contribution in [0.4, 0.5) is 0 Å². The highest BCUT2D eigenvalue weighted by molar-refractivity contribution is 5.79. The average Bonchev–Trinajstić information content (AvgIpc) is 2.49. The number of hydrogen-bond acceptors (Lipinski definition) is 3. The molecule has 2 fully saturated rings. The van der Waals surface area contributed by atoms with Crippen LogP contribution in [0, 0.1) is 11.8 Å². The van der Waals surface area contributed by atoms with E-state index in [0.29, 0.717) is 18.5 Å². The summed E-state index contributed by atoms with van der Waals surface area (Å²) in [5.74, 6) is 0.997. The lowest BCUT2D eigenvalue weighted by molar-refractivity contribution is -0.126. The van der Waals surface area contributed by atoms with E-state index in [1.165, 1.54) is 19.3 Å². The lowest BCUT2D eigenvalue weighted by Crippen LogP contribution is -2.48. The van der Waals surface area contributed by atoms with Crippen LogP contribution in [0.15, 0.2) is 0 Å². The Labute approximate surface area is 127 Å². The first-order chi connectivity index (χ1) is 10.1. The molecule has 21 heavy (non-hydrogen) atoms. The minimum atomic E-state index is 0.118. The van der Waals surface area contributed by atoms with Gasteiger partial charge in [-0.25, -0.2) is 0 Å². The van der Waals surface area contributed by atoms with Crippen molar-refractivity contribution < 1.29 is 9.59 Å². The van der Waals surface area contributed by atoms with Crippen LogP contribution in [-0.2, 0) is 9.59 Å². The molecule has 0 radical (unpaired) electrons. The molecule has 2 N–H and O–H groups in total. The minimum absolute atomic E-state index is 0.118. The number of amides is 2. The first-order valence-corrected chi connectivity index (χ1v) is 8.33. The number of rotatable bonds is 4. The van der Waals surface area contributed by atoms with Gasteiger partial charge in [0.05, 0.1) is 6.54 Å². The Hall–Kier alpha value is -1.10. The van der Waals surface area contributed by atoms with Crippen LogP contribution in [0.1, 0.15) is 45.4 Å². The number of piperidine rings is 1. The molecule has 0 bridgehead atoms. The monoisotopic (exact) mass is 295 g/mol. The fourth-order valence-corrected chi connectivity index (χ4v) is 3.54. The SMILES string of the molecule is CNC(=O)C1CCN(CC(=O)N[C@H]2CCCC[C@H]2C)CC1. The van der Waals surface area contributed by atoms with Gasteiger partial charge in [-0.05, 0) is 44.7 Å². The molecule has 1 heterocycles. The summed E-state index contributed by atoms with van der Waals surface area (Å²) >= 11 is 0. The molecule has 1 saturated heterocycles. The molecule has 1 saturated carbocycles. The van der Waals surface area contributed by atoms with E-state index in [1.807, 2.05) is 0 Å². The van der Waals surface area contributed by atoms with Crippen LogP contribution >= 0.6 is 0 Å². The zero-order valence-electron chi connectivity index (χ0n) is 13.4. The van der Waals surface area contributed by atoms with E-state index in [-0.39, 0.29) is 17.7 Å². The summed E-state index contributed by atoms with van der Waals surface area (Å²) in [5, 5.41) is 5.91. The van der Waals surface area contributed by atoms with Crippen molar-refractivity contribution in [2.75, 3.05) is 26.7 Å². The molecule has 120 valence electrons. The summed E-state index contributed by atoms with van der Waals surface area (Å²) < 4.78 is 0. The highest BCUT2D eigenvalue weighted by Gasteiger charge is 2.27. The van der Waals surface area contributed by atoms with Gasteiger partial charge < -0.3 is 10.6 Å². The normalized spacial score (nSPS) is 28.1. The zero-order valence-corrected chi connectivity index (χ0v) is 13.4. The molecule has 1 aliphatic carbocycles. The van der Waals surface area contributed by atoms with Crippen molar-refractivity contribution in [3.63, 3.8) is 0 Å². The summed E-state index contributed by atoms with van der Waals surface area (Å²) in [6, 6.07) is 0.356. The third-order valence-electron chi connectivity index (χ3n) is 5.03. The van der Waals surface area contributed by atoms with E-state index in [4.69, 9.17) is 0 Å². The Bertz CT molecular complexity index is 365. The molecule has 0 unspecified atom stereocenters. The smallest absolute Gasteiger partial charge is 0.234 e. The quantitative estimate of drug-likeness (QED) is 0.817. The molecule has 0 aromatic carbocycles. The maximum absolute atomic E-state index is 12.2. The van der Waals surface area contributed by atoms with E-state index >= 15 is 0 Å². The Balaban J connectivity index is 1.70. The number of hydrogen-bond donors (Lipinski definition) is 2. The lowest BCUT2D eigenvalue weighted by atomic mass is 9.86. The largest absolute Gasteiger partial charge is 0.359 e. The van der Waals surface area contributed by atoms with E-state index in [0.717, 1.165) is 32.4 Å². The van der Waals surface area contributed by atoms with Crippen molar-refractivity contribution in [3.05, 3.63) is 0 Å². The van der Waals surface area contributed by atoms with Gasteiger partial charge in [-0.2, -0.15) is 0 Å². The summed E-state index contributed by atoms with van der Waals surface area (Å²) in [5.41, 5.74) is 0. The lowest BCUT2D eigenvalue weighted by Gasteiger charge is -2.33. The third kappa shape index (κ3) is 4.70. The van der Waals surface area contributed by atoms with Crippen LogP contribution < -0.4 is 10.6 Å². The molecule has 2 rings (SSSR count). The first-order valence-electron chi connectivity index (χ1n) is 8.33. The van der Waals surface area contributed by atoms with Crippen molar-refractivity contribution in [3.8, 4) is 0 Å². The number of nitrogens with zero attached hydrogens (tertiary/aromatic N) is 1. The van der Waals surface area contributed by atoms with Crippen molar-refractivity contribution in [1.29, 1.82) is 0 Å². The Morgan fingerprint density at radius 3 is 2.38 bits per heavy atom. The fraction of sp³-hybridized carbons (Fsp3) is 0.875. The Kier molecular flexibility index (Phi) is 6.03. The maximum atomic E-state index is 12.2. The number of carbonyl (C=O) groups is 2. The molecule has 5 heteroatoms. The molecule has 5 nitrogen and oxygen atoms in total. The second-order valence-corrected chi connectivity index (χ2v) is 6.60. The van der Waals surface area contributed by atoms with Crippen LogP contribution in [0.5, 0.6) is 0 Å². The molecule has 2 aliphatic rings. The number of carbonyl (C=O) groups excluding carboxylic acids is 2. The van der Waals surface area contributed by atoms with Crippen LogP contribution in [0.3, 0.4) is 0 Å². The van der Waals surface area contributed by atoms with Crippen molar-refractivity contribution in [1.82, 2.24) is 15.5 Å². The molecule has 0 aromatic heterocycles. The molecular weight excluding hydrogens is 266 g/mol. The molecule has 0 aromatic rings. The Morgan fingerprint density at radius 2 is 1.76 bits per heavy atom. The number of likely N-dealkylation sites (tertiary alicyclic amines) is 1.